The Morgan fingerprint density at radius 1 is 1.52 bits per heavy atom. The number of nitrogens with zero attached hydrogens (tertiary/aromatic N) is 3. The Morgan fingerprint density at radius 2 is 2.33 bits per heavy atom. The average Bonchev–Trinajstić information content (AvgIpc) is 2.92. The van der Waals surface area contributed by atoms with Crippen LogP contribution >= 0.6 is 0 Å². The van der Waals surface area contributed by atoms with Gasteiger partial charge in [0.2, 0.25) is 0 Å². The number of aromatic nitrogens is 1. The molecule has 21 heavy (non-hydrogen) atoms. The molecule has 2 heterocycles. The minimum absolute atomic E-state index is 0.0208. The highest BCUT2D eigenvalue weighted by Crippen LogP contribution is 2.14. The van der Waals surface area contributed by atoms with Crippen LogP contribution in [0.4, 0.5) is 4.79 Å². The molecule has 0 saturated carbocycles. The van der Waals surface area contributed by atoms with Crippen LogP contribution in [0.5, 0.6) is 0 Å². The summed E-state index contributed by atoms with van der Waals surface area (Å²) in [5.74, 6) is 0.585. The zero-order valence-corrected chi connectivity index (χ0v) is 13.5. The molecule has 5 heteroatoms. The SMILES string of the molecule is CCn1ccc(CN(C)C(=O)NCC2CCCN(C)C2)c1. The summed E-state index contributed by atoms with van der Waals surface area (Å²) in [4.78, 5) is 16.2. The van der Waals surface area contributed by atoms with Crippen molar-refractivity contribution in [3.05, 3.63) is 24.0 Å². The van der Waals surface area contributed by atoms with E-state index < -0.39 is 0 Å². The summed E-state index contributed by atoms with van der Waals surface area (Å²) in [7, 11) is 4.00. The van der Waals surface area contributed by atoms with Crippen molar-refractivity contribution in [3.8, 4) is 0 Å². The zero-order chi connectivity index (χ0) is 15.2. The third-order valence-electron chi connectivity index (χ3n) is 4.21. The number of rotatable bonds is 5. The zero-order valence-electron chi connectivity index (χ0n) is 13.5. The quantitative estimate of drug-likeness (QED) is 0.901. The smallest absolute Gasteiger partial charge is 0.317 e. The molecule has 1 aliphatic heterocycles. The molecule has 0 aliphatic carbocycles. The van der Waals surface area contributed by atoms with Crippen LogP contribution in [0.1, 0.15) is 25.3 Å². The average molecular weight is 292 g/mol. The van der Waals surface area contributed by atoms with Crippen molar-refractivity contribution in [3.63, 3.8) is 0 Å². The predicted octanol–water partition coefficient (Wildman–Crippen LogP) is 1.99. The highest BCUT2D eigenvalue weighted by Gasteiger charge is 2.18. The summed E-state index contributed by atoms with van der Waals surface area (Å²) in [6, 6.07) is 2.09. The molecule has 2 rings (SSSR count). The van der Waals surface area contributed by atoms with Crippen molar-refractivity contribution < 1.29 is 4.79 Å². The van der Waals surface area contributed by atoms with Gasteiger partial charge in [0.1, 0.15) is 0 Å². The second kappa shape index (κ2) is 7.50. The van der Waals surface area contributed by atoms with Gasteiger partial charge in [-0.05, 0) is 50.9 Å². The van der Waals surface area contributed by atoms with Crippen molar-refractivity contribution in [2.24, 2.45) is 5.92 Å². The molecule has 0 spiro atoms. The van der Waals surface area contributed by atoms with Gasteiger partial charge in [-0.15, -0.1) is 0 Å². The summed E-state index contributed by atoms with van der Waals surface area (Å²) < 4.78 is 2.12. The van der Waals surface area contributed by atoms with E-state index in [1.54, 1.807) is 4.90 Å². The predicted molar refractivity (Wildman–Crippen MR) is 85.2 cm³/mol. The maximum absolute atomic E-state index is 12.1. The fourth-order valence-electron chi connectivity index (χ4n) is 2.93. The van der Waals surface area contributed by atoms with Crippen LogP contribution in [-0.2, 0) is 13.1 Å². The second-order valence-electron chi connectivity index (χ2n) is 6.16. The first kappa shape index (κ1) is 15.9. The summed E-state index contributed by atoms with van der Waals surface area (Å²) in [5.41, 5.74) is 1.17. The number of hydrogen-bond acceptors (Lipinski definition) is 2. The normalized spacial score (nSPS) is 19.5. The van der Waals surface area contributed by atoms with Gasteiger partial charge in [0.25, 0.3) is 0 Å². The maximum Gasteiger partial charge on any atom is 0.317 e. The largest absolute Gasteiger partial charge is 0.354 e. The Balaban J connectivity index is 1.74. The molecule has 1 saturated heterocycles. The van der Waals surface area contributed by atoms with E-state index in [0.29, 0.717) is 12.5 Å². The molecule has 0 bridgehead atoms. The first-order chi connectivity index (χ1) is 10.1. The maximum atomic E-state index is 12.1. The standard InChI is InChI=1S/C16H28N4O/c1-4-20-9-7-15(13-20)12-19(3)16(21)17-10-14-6-5-8-18(2)11-14/h7,9,13-14H,4-6,8,10-12H2,1-3H3,(H,17,21). The Labute approximate surface area is 127 Å². The summed E-state index contributed by atoms with van der Waals surface area (Å²) in [6.07, 6.45) is 6.60. The molecule has 1 unspecified atom stereocenters. The van der Waals surface area contributed by atoms with Gasteiger partial charge >= 0.3 is 6.03 Å². The monoisotopic (exact) mass is 292 g/mol. The van der Waals surface area contributed by atoms with Crippen LogP contribution in [0.15, 0.2) is 18.5 Å². The van der Waals surface area contributed by atoms with E-state index in [1.165, 1.54) is 24.9 Å². The van der Waals surface area contributed by atoms with E-state index in [2.05, 4.69) is 47.2 Å². The van der Waals surface area contributed by atoms with Crippen LogP contribution in [0.2, 0.25) is 0 Å². The number of nitrogens with one attached hydrogen (secondary N) is 1. The Kier molecular flexibility index (Phi) is 5.67. The number of hydrogen-bond donors (Lipinski definition) is 1. The second-order valence-corrected chi connectivity index (χ2v) is 6.16. The van der Waals surface area contributed by atoms with Crippen molar-refractivity contribution >= 4 is 6.03 Å². The van der Waals surface area contributed by atoms with Gasteiger partial charge in [-0.2, -0.15) is 0 Å². The molecule has 1 N–H and O–H groups in total. The molecule has 1 aromatic rings. The summed E-state index contributed by atoms with van der Waals surface area (Å²) in [6.45, 7) is 6.78. The van der Waals surface area contributed by atoms with E-state index in [0.717, 1.165) is 19.6 Å². The summed E-state index contributed by atoms with van der Waals surface area (Å²) in [5, 5.41) is 3.07. The van der Waals surface area contributed by atoms with Crippen molar-refractivity contribution in [1.82, 2.24) is 19.7 Å². The number of carbonyl (C=O) groups is 1. The van der Waals surface area contributed by atoms with E-state index in [-0.39, 0.29) is 6.03 Å². The molecule has 5 nitrogen and oxygen atoms in total. The number of piperidine rings is 1. The van der Waals surface area contributed by atoms with E-state index in [4.69, 9.17) is 0 Å². The summed E-state index contributed by atoms with van der Waals surface area (Å²) >= 11 is 0. The van der Waals surface area contributed by atoms with E-state index in [9.17, 15) is 4.79 Å². The molecule has 1 fully saturated rings. The highest BCUT2D eigenvalue weighted by molar-refractivity contribution is 5.73. The minimum Gasteiger partial charge on any atom is -0.354 e. The third-order valence-corrected chi connectivity index (χ3v) is 4.21. The Morgan fingerprint density at radius 3 is 3.00 bits per heavy atom. The lowest BCUT2D eigenvalue weighted by Gasteiger charge is -2.30. The molecule has 1 aliphatic rings. The molecule has 1 atom stereocenters. The molecular weight excluding hydrogens is 264 g/mol. The van der Waals surface area contributed by atoms with Gasteiger partial charge in [0.15, 0.2) is 0 Å². The molecule has 118 valence electrons. The first-order valence-corrected chi connectivity index (χ1v) is 7.90. The van der Waals surface area contributed by atoms with Crippen molar-refractivity contribution in [2.45, 2.75) is 32.9 Å². The first-order valence-electron chi connectivity index (χ1n) is 7.90. The van der Waals surface area contributed by atoms with E-state index in [1.807, 2.05) is 7.05 Å². The van der Waals surface area contributed by atoms with Gasteiger partial charge in [-0.3, -0.25) is 0 Å². The lowest BCUT2D eigenvalue weighted by molar-refractivity contribution is 0.188. The van der Waals surface area contributed by atoms with Crippen LogP contribution in [0, 0.1) is 5.92 Å². The lowest BCUT2D eigenvalue weighted by atomic mass is 9.99. The van der Waals surface area contributed by atoms with Crippen LogP contribution < -0.4 is 5.32 Å². The van der Waals surface area contributed by atoms with Gasteiger partial charge in [-0.25, -0.2) is 4.79 Å². The topological polar surface area (TPSA) is 40.5 Å². The fraction of sp³-hybridized carbons (Fsp3) is 0.688. The number of amides is 2. The highest BCUT2D eigenvalue weighted by atomic mass is 16.2. The molecule has 2 amide bonds. The number of likely N-dealkylation sites (tertiary alicyclic amines) is 1. The van der Waals surface area contributed by atoms with Gasteiger partial charge < -0.3 is 19.7 Å². The fourth-order valence-corrected chi connectivity index (χ4v) is 2.93. The van der Waals surface area contributed by atoms with Gasteiger partial charge in [-0.1, -0.05) is 0 Å². The molecular formula is C16H28N4O. The van der Waals surface area contributed by atoms with Crippen molar-refractivity contribution in [1.29, 1.82) is 0 Å². The lowest BCUT2D eigenvalue weighted by Crippen LogP contribution is -2.43. The van der Waals surface area contributed by atoms with Crippen LogP contribution in [-0.4, -0.2) is 54.1 Å². The van der Waals surface area contributed by atoms with Crippen molar-refractivity contribution in [2.75, 3.05) is 33.7 Å². The Bertz CT molecular complexity index is 457. The van der Waals surface area contributed by atoms with Crippen LogP contribution in [0.3, 0.4) is 0 Å². The minimum atomic E-state index is 0.0208. The Hall–Kier alpha value is -1.49. The van der Waals surface area contributed by atoms with Gasteiger partial charge in [0.05, 0.1) is 0 Å². The number of aryl methyl sites for hydroxylation is 1. The van der Waals surface area contributed by atoms with Crippen LogP contribution in [0.25, 0.3) is 0 Å². The molecule has 0 aromatic carbocycles. The molecule has 1 aromatic heterocycles. The third kappa shape index (κ3) is 4.77. The van der Waals surface area contributed by atoms with Gasteiger partial charge in [0, 0.05) is 45.6 Å². The molecule has 0 radical (unpaired) electrons. The number of carbonyl (C=O) groups excluding carboxylic acids is 1. The van der Waals surface area contributed by atoms with E-state index >= 15 is 0 Å². The number of urea groups is 1.